The number of hydrogen-bond acceptors (Lipinski definition) is 2. The SMILES string of the molecule is CC1CCCC(NC(C)c2ccccn2)C1. The fourth-order valence-corrected chi connectivity index (χ4v) is 2.66. The lowest BCUT2D eigenvalue weighted by atomic mass is 9.86. The van der Waals surface area contributed by atoms with E-state index in [2.05, 4.69) is 36.3 Å². The third-order valence-electron chi connectivity index (χ3n) is 3.55. The van der Waals surface area contributed by atoms with Crippen LogP contribution in [0.15, 0.2) is 24.4 Å². The summed E-state index contributed by atoms with van der Waals surface area (Å²) in [6.07, 6.45) is 7.28. The molecule has 1 heterocycles. The van der Waals surface area contributed by atoms with E-state index in [1.54, 1.807) is 0 Å². The summed E-state index contributed by atoms with van der Waals surface area (Å²) in [5.74, 6) is 0.877. The Balaban J connectivity index is 1.89. The highest BCUT2D eigenvalue weighted by atomic mass is 15.0. The number of pyridine rings is 1. The standard InChI is InChI=1S/C14H22N2/c1-11-6-5-7-13(10-11)16-12(2)14-8-3-4-9-15-14/h3-4,8-9,11-13,16H,5-7,10H2,1-2H3. The van der Waals surface area contributed by atoms with Crippen molar-refractivity contribution in [3.63, 3.8) is 0 Å². The second kappa shape index (κ2) is 5.44. The van der Waals surface area contributed by atoms with Gasteiger partial charge in [-0.2, -0.15) is 0 Å². The van der Waals surface area contributed by atoms with E-state index in [-0.39, 0.29) is 0 Å². The predicted octanol–water partition coefficient (Wildman–Crippen LogP) is 3.31. The van der Waals surface area contributed by atoms with Crippen LogP contribution in [-0.4, -0.2) is 11.0 Å². The first-order chi connectivity index (χ1) is 7.75. The molecule has 1 N–H and O–H groups in total. The third-order valence-corrected chi connectivity index (χ3v) is 3.55. The fourth-order valence-electron chi connectivity index (χ4n) is 2.66. The maximum absolute atomic E-state index is 4.40. The zero-order valence-electron chi connectivity index (χ0n) is 10.3. The molecule has 88 valence electrons. The van der Waals surface area contributed by atoms with Gasteiger partial charge in [-0.1, -0.05) is 25.8 Å². The second-order valence-corrected chi connectivity index (χ2v) is 5.11. The highest BCUT2D eigenvalue weighted by molar-refractivity contribution is 5.07. The summed E-state index contributed by atoms with van der Waals surface area (Å²) in [5, 5.41) is 3.70. The molecule has 0 bridgehead atoms. The molecule has 3 atom stereocenters. The molecule has 0 saturated heterocycles. The average molecular weight is 218 g/mol. The number of rotatable bonds is 3. The van der Waals surface area contributed by atoms with Crippen molar-refractivity contribution in [2.45, 2.75) is 51.6 Å². The molecule has 1 aromatic rings. The van der Waals surface area contributed by atoms with Gasteiger partial charge in [-0.15, -0.1) is 0 Å². The van der Waals surface area contributed by atoms with Gasteiger partial charge in [-0.3, -0.25) is 4.98 Å². The predicted molar refractivity (Wildman–Crippen MR) is 67.2 cm³/mol. The fraction of sp³-hybridized carbons (Fsp3) is 0.643. The molecular formula is C14H22N2. The van der Waals surface area contributed by atoms with Crippen LogP contribution in [0.2, 0.25) is 0 Å². The zero-order valence-corrected chi connectivity index (χ0v) is 10.3. The van der Waals surface area contributed by atoms with Crippen molar-refractivity contribution in [2.75, 3.05) is 0 Å². The molecule has 2 heteroatoms. The van der Waals surface area contributed by atoms with E-state index in [9.17, 15) is 0 Å². The Hall–Kier alpha value is -0.890. The van der Waals surface area contributed by atoms with Crippen molar-refractivity contribution in [1.29, 1.82) is 0 Å². The van der Waals surface area contributed by atoms with Crippen LogP contribution in [0, 0.1) is 5.92 Å². The van der Waals surface area contributed by atoms with Crippen molar-refractivity contribution in [1.82, 2.24) is 10.3 Å². The zero-order chi connectivity index (χ0) is 11.4. The summed E-state index contributed by atoms with van der Waals surface area (Å²) in [7, 11) is 0. The summed E-state index contributed by atoms with van der Waals surface area (Å²) in [4.78, 5) is 4.40. The lowest BCUT2D eigenvalue weighted by Crippen LogP contribution is -2.35. The molecule has 0 spiro atoms. The van der Waals surface area contributed by atoms with E-state index >= 15 is 0 Å². The topological polar surface area (TPSA) is 24.9 Å². The van der Waals surface area contributed by atoms with Crippen LogP contribution in [0.1, 0.15) is 51.3 Å². The third kappa shape index (κ3) is 3.05. The molecule has 1 saturated carbocycles. The highest BCUT2D eigenvalue weighted by Crippen LogP contribution is 2.25. The lowest BCUT2D eigenvalue weighted by molar-refractivity contribution is 0.284. The smallest absolute Gasteiger partial charge is 0.0570 e. The Kier molecular flexibility index (Phi) is 3.94. The Bertz CT molecular complexity index is 310. The van der Waals surface area contributed by atoms with Crippen LogP contribution < -0.4 is 5.32 Å². The van der Waals surface area contributed by atoms with E-state index in [1.165, 1.54) is 25.7 Å². The van der Waals surface area contributed by atoms with Gasteiger partial charge in [0.1, 0.15) is 0 Å². The van der Waals surface area contributed by atoms with E-state index in [0.717, 1.165) is 11.6 Å². The minimum atomic E-state index is 0.372. The molecule has 1 aliphatic carbocycles. The van der Waals surface area contributed by atoms with Gasteiger partial charge in [0.05, 0.1) is 5.69 Å². The molecule has 16 heavy (non-hydrogen) atoms. The van der Waals surface area contributed by atoms with Gasteiger partial charge in [0.2, 0.25) is 0 Å². The van der Waals surface area contributed by atoms with E-state index in [4.69, 9.17) is 0 Å². The second-order valence-electron chi connectivity index (χ2n) is 5.11. The first kappa shape index (κ1) is 11.6. The minimum Gasteiger partial charge on any atom is -0.306 e. The van der Waals surface area contributed by atoms with E-state index in [0.29, 0.717) is 12.1 Å². The molecule has 0 aromatic carbocycles. The molecular weight excluding hydrogens is 196 g/mol. The van der Waals surface area contributed by atoms with Gasteiger partial charge in [-0.25, -0.2) is 0 Å². The molecule has 1 aliphatic rings. The lowest BCUT2D eigenvalue weighted by Gasteiger charge is -2.30. The molecule has 0 aliphatic heterocycles. The van der Waals surface area contributed by atoms with E-state index in [1.807, 2.05) is 12.3 Å². The van der Waals surface area contributed by atoms with Crippen molar-refractivity contribution in [2.24, 2.45) is 5.92 Å². The average Bonchev–Trinajstić information content (AvgIpc) is 2.30. The van der Waals surface area contributed by atoms with Crippen molar-refractivity contribution in [3.8, 4) is 0 Å². The number of nitrogens with one attached hydrogen (secondary N) is 1. The summed E-state index contributed by atoms with van der Waals surface area (Å²) in [6, 6.07) is 7.18. The van der Waals surface area contributed by atoms with Gasteiger partial charge in [0, 0.05) is 18.3 Å². The van der Waals surface area contributed by atoms with Gasteiger partial charge < -0.3 is 5.32 Å². The summed E-state index contributed by atoms with van der Waals surface area (Å²) in [6.45, 7) is 4.57. The van der Waals surface area contributed by atoms with Gasteiger partial charge in [0.15, 0.2) is 0 Å². The Morgan fingerprint density at radius 2 is 2.25 bits per heavy atom. The van der Waals surface area contributed by atoms with Gasteiger partial charge in [0.25, 0.3) is 0 Å². The van der Waals surface area contributed by atoms with Gasteiger partial charge in [-0.05, 0) is 37.8 Å². The van der Waals surface area contributed by atoms with Crippen LogP contribution in [0.5, 0.6) is 0 Å². The summed E-state index contributed by atoms with van der Waals surface area (Å²) in [5.41, 5.74) is 1.15. The van der Waals surface area contributed by atoms with Crippen LogP contribution in [0.3, 0.4) is 0 Å². The van der Waals surface area contributed by atoms with Gasteiger partial charge >= 0.3 is 0 Å². The quantitative estimate of drug-likeness (QED) is 0.842. The van der Waals surface area contributed by atoms with Crippen molar-refractivity contribution >= 4 is 0 Å². The van der Waals surface area contributed by atoms with Crippen LogP contribution in [-0.2, 0) is 0 Å². The number of nitrogens with zero attached hydrogens (tertiary/aromatic N) is 1. The minimum absolute atomic E-state index is 0.372. The molecule has 3 unspecified atom stereocenters. The first-order valence-electron chi connectivity index (χ1n) is 6.42. The van der Waals surface area contributed by atoms with Crippen LogP contribution >= 0.6 is 0 Å². The Labute approximate surface area is 98.5 Å². The van der Waals surface area contributed by atoms with Crippen LogP contribution in [0.4, 0.5) is 0 Å². The molecule has 0 amide bonds. The van der Waals surface area contributed by atoms with Crippen molar-refractivity contribution in [3.05, 3.63) is 30.1 Å². The van der Waals surface area contributed by atoms with Crippen LogP contribution in [0.25, 0.3) is 0 Å². The largest absolute Gasteiger partial charge is 0.306 e. The monoisotopic (exact) mass is 218 g/mol. The molecule has 0 radical (unpaired) electrons. The summed E-state index contributed by atoms with van der Waals surface area (Å²) >= 11 is 0. The number of hydrogen-bond donors (Lipinski definition) is 1. The highest BCUT2D eigenvalue weighted by Gasteiger charge is 2.20. The maximum Gasteiger partial charge on any atom is 0.0570 e. The molecule has 2 nitrogen and oxygen atoms in total. The molecule has 1 aromatic heterocycles. The number of aromatic nitrogens is 1. The maximum atomic E-state index is 4.40. The Morgan fingerprint density at radius 3 is 2.94 bits per heavy atom. The summed E-state index contributed by atoms with van der Waals surface area (Å²) < 4.78 is 0. The Morgan fingerprint density at radius 1 is 1.38 bits per heavy atom. The molecule has 2 rings (SSSR count). The van der Waals surface area contributed by atoms with Crippen molar-refractivity contribution < 1.29 is 0 Å². The molecule has 1 fully saturated rings. The normalized spacial score (nSPS) is 27.6. The van der Waals surface area contributed by atoms with E-state index < -0.39 is 0 Å². The first-order valence-corrected chi connectivity index (χ1v) is 6.42.